The summed E-state index contributed by atoms with van der Waals surface area (Å²) in [4.78, 5) is 7.98. The molecule has 0 bridgehead atoms. The smallest absolute Gasteiger partial charge is 0.173 e. The highest BCUT2D eigenvalue weighted by Crippen LogP contribution is 2.21. The Hall–Kier alpha value is -3.06. The molecule has 0 aliphatic heterocycles. The summed E-state index contributed by atoms with van der Waals surface area (Å²) in [6.07, 6.45) is 6.13. The molecule has 1 aromatic carbocycles. The van der Waals surface area contributed by atoms with E-state index in [0.29, 0.717) is 16.4 Å². The monoisotopic (exact) mass is 339 g/mol. The minimum atomic E-state index is 0.170. The van der Waals surface area contributed by atoms with Crippen LogP contribution in [-0.4, -0.2) is 31.8 Å². The number of hydrogen-bond donors (Lipinski definition) is 1. The molecule has 120 valence electrons. The summed E-state index contributed by atoms with van der Waals surface area (Å²) in [7, 11) is 0. The lowest BCUT2D eigenvalue weighted by atomic mass is 10.3. The van der Waals surface area contributed by atoms with Gasteiger partial charge in [-0.05, 0) is 19.1 Å². The van der Waals surface area contributed by atoms with E-state index in [-0.39, 0.29) is 5.84 Å². The van der Waals surface area contributed by atoms with Gasteiger partial charge in [-0.2, -0.15) is 10.2 Å². The van der Waals surface area contributed by atoms with Gasteiger partial charge in [-0.25, -0.2) is 9.67 Å². The fourth-order valence-electron chi connectivity index (χ4n) is 2.03. The quantitative estimate of drug-likeness (QED) is 0.448. The zero-order chi connectivity index (χ0) is 16.9. The van der Waals surface area contributed by atoms with Crippen molar-refractivity contribution < 1.29 is 0 Å². The molecule has 0 saturated heterocycles. The van der Waals surface area contributed by atoms with Crippen LogP contribution in [0.3, 0.4) is 0 Å². The number of hydrogen-bond acceptors (Lipinski definition) is 5. The summed E-state index contributed by atoms with van der Waals surface area (Å²) in [6.45, 7) is 1.85. The minimum Gasteiger partial charge on any atom is -0.380 e. The SMILES string of the molecule is Cc1nn(-c2ccccc2)c(Cl)c1/C=N/N=C(/N)c1cnccn1. The summed E-state index contributed by atoms with van der Waals surface area (Å²) in [5.74, 6) is 0.170. The molecule has 8 heteroatoms. The Bertz CT molecular complexity index is 886. The van der Waals surface area contributed by atoms with Crippen molar-refractivity contribution in [3.05, 3.63) is 71.0 Å². The molecule has 0 spiro atoms. The molecule has 0 saturated carbocycles. The lowest BCUT2D eigenvalue weighted by Gasteiger charge is -2.01. The third-order valence-corrected chi connectivity index (χ3v) is 3.59. The molecule has 0 radical (unpaired) electrons. The first-order chi connectivity index (χ1) is 11.7. The van der Waals surface area contributed by atoms with Crippen molar-refractivity contribution in [2.75, 3.05) is 0 Å². The highest BCUT2D eigenvalue weighted by molar-refractivity contribution is 6.32. The van der Waals surface area contributed by atoms with Gasteiger partial charge in [0.2, 0.25) is 0 Å². The van der Waals surface area contributed by atoms with E-state index in [0.717, 1.165) is 11.4 Å². The van der Waals surface area contributed by atoms with Gasteiger partial charge in [-0.1, -0.05) is 29.8 Å². The molecule has 7 nitrogen and oxygen atoms in total. The topological polar surface area (TPSA) is 94.3 Å². The third-order valence-electron chi connectivity index (χ3n) is 3.23. The second-order valence-corrected chi connectivity index (χ2v) is 5.22. The number of aryl methyl sites for hydroxylation is 1. The Morgan fingerprint density at radius 3 is 2.75 bits per heavy atom. The van der Waals surface area contributed by atoms with Crippen molar-refractivity contribution in [3.8, 4) is 5.69 Å². The molecule has 0 aliphatic rings. The molecule has 2 N–H and O–H groups in total. The summed E-state index contributed by atoms with van der Waals surface area (Å²) in [6, 6.07) is 9.61. The van der Waals surface area contributed by atoms with E-state index in [2.05, 4.69) is 25.3 Å². The van der Waals surface area contributed by atoms with Gasteiger partial charge in [0, 0.05) is 12.4 Å². The van der Waals surface area contributed by atoms with Gasteiger partial charge in [0.25, 0.3) is 0 Å². The number of amidine groups is 1. The lowest BCUT2D eigenvalue weighted by Crippen LogP contribution is -2.14. The Kier molecular flexibility index (Phi) is 4.62. The van der Waals surface area contributed by atoms with Gasteiger partial charge in [0.05, 0.1) is 29.4 Å². The second-order valence-electron chi connectivity index (χ2n) is 4.86. The van der Waals surface area contributed by atoms with E-state index in [1.165, 1.54) is 18.6 Å². The van der Waals surface area contributed by atoms with Crippen molar-refractivity contribution in [1.29, 1.82) is 0 Å². The molecule has 0 fully saturated rings. The van der Waals surface area contributed by atoms with Crippen LogP contribution in [0.25, 0.3) is 5.69 Å². The molecule has 3 aromatic rings. The van der Waals surface area contributed by atoms with E-state index in [4.69, 9.17) is 17.3 Å². The van der Waals surface area contributed by atoms with E-state index >= 15 is 0 Å². The first-order valence-corrected chi connectivity index (χ1v) is 7.48. The number of nitrogens with two attached hydrogens (primary N) is 1. The average Bonchev–Trinajstić information content (AvgIpc) is 2.91. The summed E-state index contributed by atoms with van der Waals surface area (Å²) in [5, 5.41) is 12.8. The maximum atomic E-state index is 6.40. The van der Waals surface area contributed by atoms with E-state index in [9.17, 15) is 0 Å². The van der Waals surface area contributed by atoms with Gasteiger partial charge in [-0.15, -0.1) is 5.10 Å². The first-order valence-electron chi connectivity index (χ1n) is 7.10. The van der Waals surface area contributed by atoms with Crippen molar-refractivity contribution in [3.63, 3.8) is 0 Å². The maximum Gasteiger partial charge on any atom is 0.173 e. The van der Waals surface area contributed by atoms with Gasteiger partial charge in [0.15, 0.2) is 5.84 Å². The molecular weight excluding hydrogens is 326 g/mol. The van der Waals surface area contributed by atoms with Crippen LogP contribution in [0.15, 0.2) is 59.1 Å². The average molecular weight is 340 g/mol. The number of nitrogens with zero attached hydrogens (tertiary/aromatic N) is 6. The largest absolute Gasteiger partial charge is 0.380 e. The predicted octanol–water partition coefficient (Wildman–Crippen LogP) is 2.36. The highest BCUT2D eigenvalue weighted by atomic mass is 35.5. The van der Waals surface area contributed by atoms with Gasteiger partial charge in [0.1, 0.15) is 10.8 Å². The fourth-order valence-corrected chi connectivity index (χ4v) is 2.35. The van der Waals surface area contributed by atoms with Crippen LogP contribution >= 0.6 is 11.6 Å². The molecule has 24 heavy (non-hydrogen) atoms. The Morgan fingerprint density at radius 2 is 2.04 bits per heavy atom. The maximum absolute atomic E-state index is 6.40. The second kappa shape index (κ2) is 7.01. The van der Waals surface area contributed by atoms with Gasteiger partial charge in [-0.3, -0.25) is 4.98 Å². The summed E-state index contributed by atoms with van der Waals surface area (Å²) < 4.78 is 1.65. The van der Waals surface area contributed by atoms with Crippen molar-refractivity contribution in [1.82, 2.24) is 19.7 Å². The fraction of sp³-hybridized carbons (Fsp3) is 0.0625. The molecule has 3 rings (SSSR count). The van der Waals surface area contributed by atoms with E-state index < -0.39 is 0 Å². The van der Waals surface area contributed by atoms with E-state index in [1.54, 1.807) is 10.9 Å². The van der Waals surface area contributed by atoms with Gasteiger partial charge < -0.3 is 5.73 Å². The van der Waals surface area contributed by atoms with E-state index in [1.807, 2.05) is 37.3 Å². The molecule has 2 aromatic heterocycles. The zero-order valence-corrected chi connectivity index (χ0v) is 13.6. The first kappa shape index (κ1) is 15.8. The van der Waals surface area contributed by atoms with Crippen LogP contribution in [-0.2, 0) is 0 Å². The standard InChI is InChI=1S/C16H14ClN7/c1-11-13(9-21-22-16(18)14-10-19-7-8-20-14)15(17)24(23-11)12-5-3-2-4-6-12/h2-10H,1H3,(H2,18,22)/b21-9+. The van der Waals surface area contributed by atoms with Crippen LogP contribution in [0.5, 0.6) is 0 Å². The Labute approximate surface area is 143 Å². The van der Waals surface area contributed by atoms with Gasteiger partial charge >= 0.3 is 0 Å². The number of benzene rings is 1. The number of aromatic nitrogens is 4. The highest BCUT2D eigenvalue weighted by Gasteiger charge is 2.12. The molecule has 2 heterocycles. The van der Waals surface area contributed by atoms with Crippen LogP contribution in [0.1, 0.15) is 17.0 Å². The van der Waals surface area contributed by atoms with Crippen LogP contribution in [0.2, 0.25) is 5.15 Å². The van der Waals surface area contributed by atoms with Crippen LogP contribution < -0.4 is 5.73 Å². The summed E-state index contributed by atoms with van der Waals surface area (Å²) in [5.41, 5.74) is 8.55. The number of rotatable bonds is 4. The predicted molar refractivity (Wildman–Crippen MR) is 93.7 cm³/mol. The number of para-hydroxylation sites is 1. The number of halogens is 1. The van der Waals surface area contributed by atoms with Crippen LogP contribution in [0, 0.1) is 6.92 Å². The van der Waals surface area contributed by atoms with Crippen molar-refractivity contribution >= 4 is 23.7 Å². The van der Waals surface area contributed by atoms with Crippen molar-refractivity contribution in [2.24, 2.45) is 15.9 Å². The molecule has 0 amide bonds. The molecule has 0 unspecified atom stereocenters. The summed E-state index contributed by atoms with van der Waals surface area (Å²) >= 11 is 6.40. The lowest BCUT2D eigenvalue weighted by molar-refractivity contribution is 0.863. The zero-order valence-electron chi connectivity index (χ0n) is 12.8. The normalized spacial score (nSPS) is 12.0. The van der Waals surface area contributed by atoms with Crippen molar-refractivity contribution in [2.45, 2.75) is 6.92 Å². The Balaban J connectivity index is 1.87. The Morgan fingerprint density at radius 1 is 1.25 bits per heavy atom. The minimum absolute atomic E-state index is 0.170. The molecular formula is C16H14ClN7. The third kappa shape index (κ3) is 3.31. The molecule has 0 atom stereocenters. The van der Waals surface area contributed by atoms with Crippen LogP contribution in [0.4, 0.5) is 0 Å². The molecule has 0 aliphatic carbocycles.